The van der Waals surface area contributed by atoms with Gasteiger partial charge in [0, 0.05) is 5.57 Å². The van der Waals surface area contributed by atoms with Gasteiger partial charge in [-0.05, 0) is 34.2 Å². The van der Waals surface area contributed by atoms with Crippen molar-refractivity contribution in [3.05, 3.63) is 45.0 Å². The van der Waals surface area contributed by atoms with Crippen molar-refractivity contribution in [1.29, 1.82) is 5.26 Å². The van der Waals surface area contributed by atoms with E-state index in [4.69, 9.17) is 10.00 Å². The Morgan fingerprint density at radius 3 is 2.24 bits per heavy atom. The van der Waals surface area contributed by atoms with Gasteiger partial charge in [-0.25, -0.2) is 17.6 Å². The predicted molar refractivity (Wildman–Crippen MR) is 83.9 cm³/mol. The number of carbonyl (C=O) groups is 1. The predicted octanol–water partition coefficient (Wildman–Crippen LogP) is 4.79. The maximum Gasteiger partial charge on any atom is 0.310 e. The Kier molecular flexibility index (Phi) is 5.28. The summed E-state index contributed by atoms with van der Waals surface area (Å²) in [4.78, 5) is 12.2. The first kappa shape index (κ1) is 19.4. The van der Waals surface area contributed by atoms with E-state index in [-0.39, 0.29) is 5.92 Å². The molecule has 1 aromatic rings. The summed E-state index contributed by atoms with van der Waals surface area (Å²) >= 11 is 2.41. The maximum absolute atomic E-state index is 13.8. The molecule has 25 heavy (non-hydrogen) atoms. The molecular formula is C17H14BrF4NO2. The van der Waals surface area contributed by atoms with Crippen molar-refractivity contribution in [3.63, 3.8) is 0 Å². The molecule has 3 nitrogen and oxygen atoms in total. The van der Waals surface area contributed by atoms with Crippen molar-refractivity contribution in [2.45, 2.75) is 27.4 Å². The van der Waals surface area contributed by atoms with Crippen LogP contribution >= 0.6 is 15.9 Å². The van der Waals surface area contributed by atoms with Gasteiger partial charge in [-0.2, -0.15) is 5.26 Å². The number of nitrogens with zero attached hydrogens (tertiary/aromatic N) is 1. The summed E-state index contributed by atoms with van der Waals surface area (Å²) in [6.07, 6.45) is 1.63. The van der Waals surface area contributed by atoms with Crippen molar-refractivity contribution in [3.8, 4) is 6.07 Å². The normalized spacial score (nSPS) is 21.6. The molecule has 1 saturated carbocycles. The van der Waals surface area contributed by atoms with Gasteiger partial charge in [-0.3, -0.25) is 4.79 Å². The summed E-state index contributed by atoms with van der Waals surface area (Å²) in [5.74, 6) is -8.04. The highest BCUT2D eigenvalue weighted by Crippen LogP contribution is 2.59. The third kappa shape index (κ3) is 3.43. The van der Waals surface area contributed by atoms with Crippen molar-refractivity contribution >= 4 is 21.9 Å². The summed E-state index contributed by atoms with van der Waals surface area (Å²) < 4.78 is 58.4. The van der Waals surface area contributed by atoms with Crippen molar-refractivity contribution < 1.29 is 27.1 Å². The molecule has 0 saturated heterocycles. The second kappa shape index (κ2) is 6.79. The van der Waals surface area contributed by atoms with Gasteiger partial charge in [0.05, 0.1) is 22.0 Å². The Morgan fingerprint density at radius 2 is 1.76 bits per heavy atom. The lowest BCUT2D eigenvalue weighted by Crippen LogP contribution is -2.13. The van der Waals surface area contributed by atoms with Crippen LogP contribution in [0.15, 0.2) is 16.1 Å². The minimum Gasteiger partial charge on any atom is -0.460 e. The van der Waals surface area contributed by atoms with Crippen LogP contribution in [0.4, 0.5) is 17.6 Å². The van der Waals surface area contributed by atoms with E-state index in [1.165, 1.54) is 0 Å². The molecule has 1 aliphatic carbocycles. The average Bonchev–Trinajstić information content (AvgIpc) is 3.10. The van der Waals surface area contributed by atoms with Gasteiger partial charge in [0.15, 0.2) is 23.3 Å². The summed E-state index contributed by atoms with van der Waals surface area (Å²) in [6, 6.07) is 1.95. The SMILES string of the molecule is CC(C#N)=C[C@@H]1[C@@H](C(=O)OCc2c(F)c(F)c(Br)c(F)c2F)C1(C)C. The number of ether oxygens (including phenoxy) is 1. The van der Waals surface area contributed by atoms with Crippen molar-refractivity contribution in [1.82, 2.24) is 0 Å². The van der Waals surface area contributed by atoms with Crippen LogP contribution in [0.5, 0.6) is 0 Å². The summed E-state index contributed by atoms with van der Waals surface area (Å²) in [6.45, 7) is 4.22. The second-order valence-corrected chi connectivity index (χ2v) is 7.24. The van der Waals surface area contributed by atoms with E-state index in [1.54, 1.807) is 26.8 Å². The second-order valence-electron chi connectivity index (χ2n) is 6.44. The molecule has 1 fully saturated rings. The minimum absolute atomic E-state index is 0.257. The Labute approximate surface area is 150 Å². The summed E-state index contributed by atoms with van der Waals surface area (Å²) in [5, 5.41) is 8.80. The molecule has 8 heteroatoms. The monoisotopic (exact) mass is 419 g/mol. The molecular weight excluding hydrogens is 406 g/mol. The fourth-order valence-corrected chi connectivity index (χ4v) is 3.10. The lowest BCUT2D eigenvalue weighted by molar-refractivity contribution is -0.147. The molecule has 134 valence electrons. The lowest BCUT2D eigenvalue weighted by Gasteiger charge is -2.10. The van der Waals surface area contributed by atoms with Crippen LogP contribution in [0.25, 0.3) is 0 Å². The molecule has 2 atom stereocenters. The van der Waals surface area contributed by atoms with Crippen LogP contribution in [-0.2, 0) is 16.1 Å². The average molecular weight is 420 g/mol. The topological polar surface area (TPSA) is 50.1 Å². The Balaban J connectivity index is 2.16. The number of halogens is 5. The van der Waals surface area contributed by atoms with E-state index in [1.807, 2.05) is 6.07 Å². The molecule has 0 aromatic heterocycles. The fourth-order valence-electron chi connectivity index (χ4n) is 2.76. The lowest BCUT2D eigenvalue weighted by atomic mass is 10.1. The van der Waals surface area contributed by atoms with E-state index in [0.717, 1.165) is 0 Å². The molecule has 0 N–H and O–H groups in total. The van der Waals surface area contributed by atoms with Gasteiger partial charge in [-0.1, -0.05) is 19.9 Å². The van der Waals surface area contributed by atoms with Gasteiger partial charge >= 0.3 is 5.97 Å². The first-order valence-electron chi connectivity index (χ1n) is 7.29. The zero-order valence-corrected chi connectivity index (χ0v) is 15.2. The Bertz CT molecular complexity index is 785. The highest BCUT2D eigenvalue weighted by molar-refractivity contribution is 9.10. The molecule has 1 aromatic carbocycles. The number of allylic oxidation sites excluding steroid dienone is 2. The molecule has 0 unspecified atom stereocenters. The number of benzene rings is 1. The fraction of sp³-hybridized carbons (Fsp3) is 0.412. The van der Waals surface area contributed by atoms with Crippen LogP contribution < -0.4 is 0 Å². The van der Waals surface area contributed by atoms with Gasteiger partial charge in [-0.15, -0.1) is 0 Å². The zero-order valence-electron chi connectivity index (χ0n) is 13.6. The highest BCUT2D eigenvalue weighted by Gasteiger charge is 2.61. The maximum atomic E-state index is 13.8. The summed E-state index contributed by atoms with van der Waals surface area (Å²) in [7, 11) is 0. The van der Waals surface area contributed by atoms with Crippen LogP contribution in [0, 0.1) is 51.9 Å². The minimum atomic E-state index is -1.62. The van der Waals surface area contributed by atoms with Gasteiger partial charge in [0.2, 0.25) is 0 Å². The van der Waals surface area contributed by atoms with Crippen LogP contribution in [-0.4, -0.2) is 5.97 Å². The number of rotatable bonds is 4. The molecule has 2 rings (SSSR count). The molecule has 0 bridgehead atoms. The first-order valence-corrected chi connectivity index (χ1v) is 8.08. The Hall–Kier alpha value is -1.88. The zero-order chi connectivity index (χ0) is 19.1. The quantitative estimate of drug-likeness (QED) is 0.231. The van der Waals surface area contributed by atoms with Crippen LogP contribution in [0.3, 0.4) is 0 Å². The molecule has 0 heterocycles. The number of carbonyl (C=O) groups excluding carboxylic acids is 1. The van der Waals surface area contributed by atoms with Crippen molar-refractivity contribution in [2.75, 3.05) is 0 Å². The third-order valence-corrected chi connectivity index (χ3v) is 5.13. The standard InChI is InChI=1S/C17H14BrF4NO2/c1-7(5-23)4-9-10(17(9,2)3)16(24)25-6-8-12(19)14(21)11(18)15(22)13(8)20/h4,9-10H,6H2,1-3H3/t9-,10+/m1/s1. The molecule has 0 aliphatic heterocycles. The number of esters is 1. The Morgan fingerprint density at radius 1 is 1.24 bits per heavy atom. The van der Waals surface area contributed by atoms with E-state index in [2.05, 4.69) is 15.9 Å². The number of hydrogen-bond acceptors (Lipinski definition) is 3. The van der Waals surface area contributed by atoms with Gasteiger partial charge < -0.3 is 4.74 Å². The van der Waals surface area contributed by atoms with E-state index in [9.17, 15) is 22.4 Å². The van der Waals surface area contributed by atoms with Crippen LogP contribution in [0.2, 0.25) is 0 Å². The van der Waals surface area contributed by atoms with E-state index < -0.39 is 57.2 Å². The number of nitriles is 1. The van der Waals surface area contributed by atoms with Crippen molar-refractivity contribution in [2.24, 2.45) is 17.3 Å². The van der Waals surface area contributed by atoms with Gasteiger partial charge in [0.25, 0.3) is 0 Å². The summed E-state index contributed by atoms with van der Waals surface area (Å²) in [5.41, 5.74) is -1.05. The largest absolute Gasteiger partial charge is 0.460 e. The van der Waals surface area contributed by atoms with E-state index >= 15 is 0 Å². The third-order valence-electron chi connectivity index (χ3n) is 4.43. The van der Waals surface area contributed by atoms with Crippen LogP contribution in [0.1, 0.15) is 26.3 Å². The molecule has 1 aliphatic rings. The first-order chi connectivity index (χ1) is 11.5. The molecule has 0 spiro atoms. The smallest absolute Gasteiger partial charge is 0.310 e. The molecule has 0 amide bonds. The van der Waals surface area contributed by atoms with Gasteiger partial charge in [0.1, 0.15) is 6.61 Å². The number of hydrogen-bond donors (Lipinski definition) is 0. The van der Waals surface area contributed by atoms with E-state index in [0.29, 0.717) is 5.57 Å². The molecule has 0 radical (unpaired) electrons. The highest BCUT2D eigenvalue weighted by atomic mass is 79.9.